The van der Waals surface area contributed by atoms with Crippen LogP contribution in [0, 0.1) is 0 Å². The van der Waals surface area contributed by atoms with Crippen LogP contribution in [-0.2, 0) is 14.3 Å². The molecule has 3 amide bonds. The third-order valence-corrected chi connectivity index (χ3v) is 1.92. The van der Waals surface area contributed by atoms with E-state index in [-0.39, 0.29) is 11.8 Å². The maximum Gasteiger partial charge on any atom is 0.408 e. The summed E-state index contributed by atoms with van der Waals surface area (Å²) >= 11 is 0. The second kappa shape index (κ2) is 7.60. The smallest absolute Gasteiger partial charge is 0.408 e. The van der Waals surface area contributed by atoms with E-state index in [9.17, 15) is 14.4 Å². The Kier molecular flexibility index (Phi) is 6.89. The number of alkyl carbamates (subject to hydrolysis) is 1. The number of carbonyl (C=O) groups excluding carboxylic acids is 3. The minimum absolute atomic E-state index is 0.158. The van der Waals surface area contributed by atoms with Gasteiger partial charge in [-0.25, -0.2) is 4.79 Å². The number of hydrogen-bond donors (Lipinski definition) is 3. The van der Waals surface area contributed by atoms with Gasteiger partial charge < -0.3 is 20.7 Å². The molecular formula is C12H23N3O4. The Morgan fingerprint density at radius 1 is 1.11 bits per heavy atom. The fraction of sp³-hybridized carbons (Fsp3) is 0.750. The topological polar surface area (TPSA) is 96.5 Å². The zero-order valence-corrected chi connectivity index (χ0v) is 12.1. The highest BCUT2D eigenvalue weighted by Crippen LogP contribution is 2.06. The number of hydrogen-bond acceptors (Lipinski definition) is 4. The van der Waals surface area contributed by atoms with Crippen LogP contribution >= 0.6 is 0 Å². The van der Waals surface area contributed by atoms with Crippen LogP contribution in [0.4, 0.5) is 4.79 Å². The van der Waals surface area contributed by atoms with Crippen molar-refractivity contribution in [3.63, 3.8) is 0 Å². The van der Waals surface area contributed by atoms with Crippen molar-refractivity contribution >= 4 is 17.9 Å². The first kappa shape index (κ1) is 17.2. The molecule has 0 bridgehead atoms. The first-order chi connectivity index (χ1) is 8.61. The van der Waals surface area contributed by atoms with E-state index in [1.165, 1.54) is 6.92 Å². The van der Waals surface area contributed by atoms with Gasteiger partial charge in [-0.15, -0.1) is 0 Å². The quantitative estimate of drug-likeness (QED) is 0.621. The second-order valence-corrected chi connectivity index (χ2v) is 5.14. The van der Waals surface area contributed by atoms with Crippen LogP contribution in [0.1, 0.15) is 34.6 Å². The van der Waals surface area contributed by atoms with E-state index in [2.05, 4.69) is 16.0 Å². The van der Waals surface area contributed by atoms with Crippen LogP contribution in [0.5, 0.6) is 0 Å². The zero-order chi connectivity index (χ0) is 15.1. The molecule has 0 radical (unpaired) electrons. The lowest BCUT2D eigenvalue weighted by Crippen LogP contribution is -2.47. The molecule has 0 fully saturated rings. The summed E-state index contributed by atoms with van der Waals surface area (Å²) in [5.41, 5.74) is -0.605. The summed E-state index contributed by atoms with van der Waals surface area (Å²) in [6.45, 7) is 8.82. The lowest BCUT2D eigenvalue weighted by molar-refractivity contribution is -0.123. The Morgan fingerprint density at radius 2 is 1.63 bits per heavy atom. The SMILES string of the molecule is CC(=O)NCCNC(=O)C(C)NC(=O)OC(C)(C)C. The molecule has 0 spiro atoms. The molecule has 0 aromatic rings. The number of ether oxygens (including phenoxy) is 1. The Hall–Kier alpha value is -1.79. The van der Waals surface area contributed by atoms with Crippen LogP contribution < -0.4 is 16.0 Å². The highest BCUT2D eigenvalue weighted by Gasteiger charge is 2.20. The van der Waals surface area contributed by atoms with Gasteiger partial charge >= 0.3 is 6.09 Å². The van der Waals surface area contributed by atoms with Crippen LogP contribution in [0.3, 0.4) is 0 Å². The van der Waals surface area contributed by atoms with Crippen molar-refractivity contribution < 1.29 is 19.1 Å². The second-order valence-electron chi connectivity index (χ2n) is 5.14. The number of rotatable bonds is 5. The van der Waals surface area contributed by atoms with Crippen molar-refractivity contribution in [1.82, 2.24) is 16.0 Å². The van der Waals surface area contributed by atoms with Gasteiger partial charge in [0, 0.05) is 20.0 Å². The molecule has 0 saturated carbocycles. The van der Waals surface area contributed by atoms with Crippen molar-refractivity contribution in [2.75, 3.05) is 13.1 Å². The molecule has 7 nitrogen and oxygen atoms in total. The van der Waals surface area contributed by atoms with Crippen molar-refractivity contribution in [1.29, 1.82) is 0 Å². The summed E-state index contributed by atoms with van der Waals surface area (Å²) < 4.78 is 5.03. The lowest BCUT2D eigenvalue weighted by Gasteiger charge is -2.21. The van der Waals surface area contributed by atoms with E-state index in [4.69, 9.17) is 4.74 Å². The summed E-state index contributed by atoms with van der Waals surface area (Å²) in [6.07, 6.45) is -0.642. The average Bonchev–Trinajstić information content (AvgIpc) is 2.20. The zero-order valence-electron chi connectivity index (χ0n) is 12.1. The van der Waals surface area contributed by atoms with Gasteiger partial charge in [0.25, 0.3) is 0 Å². The van der Waals surface area contributed by atoms with Crippen molar-refractivity contribution in [2.45, 2.75) is 46.3 Å². The molecule has 1 atom stereocenters. The van der Waals surface area contributed by atoms with Gasteiger partial charge in [0.15, 0.2) is 0 Å². The summed E-state index contributed by atoms with van der Waals surface area (Å²) in [7, 11) is 0. The van der Waals surface area contributed by atoms with Gasteiger partial charge in [-0.1, -0.05) is 0 Å². The summed E-state index contributed by atoms with van der Waals surface area (Å²) in [6, 6.07) is -0.702. The van der Waals surface area contributed by atoms with Gasteiger partial charge in [0.2, 0.25) is 11.8 Å². The number of amides is 3. The maximum absolute atomic E-state index is 11.6. The van der Waals surface area contributed by atoms with E-state index >= 15 is 0 Å². The van der Waals surface area contributed by atoms with Crippen LogP contribution in [0.15, 0.2) is 0 Å². The molecule has 1 unspecified atom stereocenters. The van der Waals surface area contributed by atoms with Gasteiger partial charge in [0.1, 0.15) is 11.6 Å². The van der Waals surface area contributed by atoms with Gasteiger partial charge in [-0.05, 0) is 27.7 Å². The van der Waals surface area contributed by atoms with Crippen molar-refractivity contribution in [3.8, 4) is 0 Å². The highest BCUT2D eigenvalue weighted by molar-refractivity contribution is 5.85. The fourth-order valence-corrected chi connectivity index (χ4v) is 1.13. The monoisotopic (exact) mass is 273 g/mol. The van der Waals surface area contributed by atoms with E-state index in [1.54, 1.807) is 27.7 Å². The predicted octanol–water partition coefficient (Wildman–Crippen LogP) is 0.152. The number of carbonyl (C=O) groups is 3. The maximum atomic E-state index is 11.6. The molecule has 0 aromatic heterocycles. The van der Waals surface area contributed by atoms with Crippen LogP contribution in [-0.4, -0.2) is 42.6 Å². The van der Waals surface area contributed by atoms with E-state index in [0.717, 1.165) is 0 Å². The molecular weight excluding hydrogens is 250 g/mol. The third-order valence-electron chi connectivity index (χ3n) is 1.92. The first-order valence-electron chi connectivity index (χ1n) is 6.13. The van der Waals surface area contributed by atoms with Gasteiger partial charge in [-0.2, -0.15) is 0 Å². The molecule has 3 N–H and O–H groups in total. The summed E-state index contributed by atoms with van der Waals surface area (Å²) in [5, 5.41) is 7.55. The first-order valence-corrected chi connectivity index (χ1v) is 6.13. The lowest BCUT2D eigenvalue weighted by atomic mass is 10.2. The minimum atomic E-state index is -0.702. The van der Waals surface area contributed by atoms with E-state index in [1.807, 2.05) is 0 Å². The van der Waals surface area contributed by atoms with E-state index in [0.29, 0.717) is 13.1 Å². The number of nitrogens with one attached hydrogen (secondary N) is 3. The largest absolute Gasteiger partial charge is 0.444 e. The Morgan fingerprint density at radius 3 is 2.11 bits per heavy atom. The van der Waals surface area contributed by atoms with Gasteiger partial charge in [-0.3, -0.25) is 9.59 Å². The van der Waals surface area contributed by atoms with Crippen LogP contribution in [0.25, 0.3) is 0 Å². The minimum Gasteiger partial charge on any atom is -0.444 e. The molecule has 0 saturated heterocycles. The molecule has 0 aromatic carbocycles. The van der Waals surface area contributed by atoms with Crippen molar-refractivity contribution in [3.05, 3.63) is 0 Å². The van der Waals surface area contributed by atoms with Gasteiger partial charge in [0.05, 0.1) is 0 Å². The third kappa shape index (κ3) is 9.87. The van der Waals surface area contributed by atoms with E-state index < -0.39 is 17.7 Å². The normalized spacial score (nSPS) is 12.3. The van der Waals surface area contributed by atoms with Crippen molar-refractivity contribution in [2.24, 2.45) is 0 Å². The molecule has 7 heteroatoms. The molecule has 110 valence electrons. The molecule has 0 aliphatic carbocycles. The Balaban J connectivity index is 3.93. The summed E-state index contributed by atoms with van der Waals surface area (Å²) in [5.74, 6) is -0.495. The molecule has 0 heterocycles. The molecule has 0 rings (SSSR count). The average molecular weight is 273 g/mol. The fourth-order valence-electron chi connectivity index (χ4n) is 1.13. The predicted molar refractivity (Wildman–Crippen MR) is 70.5 cm³/mol. The highest BCUT2D eigenvalue weighted by atomic mass is 16.6. The Bertz CT molecular complexity index is 336. The molecule has 0 aliphatic heterocycles. The summed E-state index contributed by atoms with van der Waals surface area (Å²) in [4.78, 5) is 33.6. The Labute approximate surface area is 113 Å². The standard InChI is InChI=1S/C12H23N3O4/c1-8(15-11(18)19-12(3,4)5)10(17)14-7-6-13-9(2)16/h8H,6-7H2,1-5H3,(H,13,16)(H,14,17)(H,15,18). The molecule has 0 aliphatic rings. The molecule has 19 heavy (non-hydrogen) atoms. The van der Waals surface area contributed by atoms with Crippen LogP contribution in [0.2, 0.25) is 0 Å².